The number of hydrogen-bond donors (Lipinski definition) is 3. The molecule has 0 radical (unpaired) electrons. The molecule has 0 saturated carbocycles. The lowest BCUT2D eigenvalue weighted by Gasteiger charge is -2.09. The molecule has 154 valence electrons. The van der Waals surface area contributed by atoms with Crippen LogP contribution < -0.4 is 10.9 Å². The fourth-order valence-corrected chi connectivity index (χ4v) is 3.94. The first-order valence-corrected chi connectivity index (χ1v) is 10.4. The van der Waals surface area contributed by atoms with E-state index in [0.717, 1.165) is 10.9 Å². The third-order valence-corrected chi connectivity index (χ3v) is 5.70. The fraction of sp³-hybridized carbons (Fsp3) is 0.0952. The molecule has 5 rings (SSSR count). The van der Waals surface area contributed by atoms with Gasteiger partial charge in [0.05, 0.1) is 10.9 Å². The molecule has 10 heteroatoms. The summed E-state index contributed by atoms with van der Waals surface area (Å²) in [5.41, 5.74) is 2.66. The number of H-pyrrole nitrogens is 2. The number of carbonyl (C=O) groups excluding carboxylic acids is 1. The number of fused-ring (bicyclic) bond motifs is 3. The quantitative estimate of drug-likeness (QED) is 0.368. The molecule has 3 aromatic heterocycles. The van der Waals surface area contributed by atoms with Crippen LogP contribution in [0.3, 0.4) is 0 Å². The summed E-state index contributed by atoms with van der Waals surface area (Å²) in [7, 11) is 0. The first kappa shape index (κ1) is 19.1. The van der Waals surface area contributed by atoms with E-state index in [1.54, 1.807) is 19.1 Å². The van der Waals surface area contributed by atoms with Gasteiger partial charge in [0, 0.05) is 17.0 Å². The molecule has 0 saturated heterocycles. The zero-order valence-corrected chi connectivity index (χ0v) is 17.2. The van der Waals surface area contributed by atoms with Gasteiger partial charge < -0.3 is 10.3 Å². The number of aromatic nitrogens is 6. The first-order chi connectivity index (χ1) is 15.1. The minimum atomic E-state index is -0.507. The Morgan fingerprint density at radius 2 is 1.87 bits per heavy atom. The normalized spacial score (nSPS) is 12.3. The van der Waals surface area contributed by atoms with Crippen LogP contribution in [0.4, 0.5) is 5.82 Å². The molecular formula is C21H17N7O2S. The molecule has 3 N–H and O–H groups in total. The van der Waals surface area contributed by atoms with Gasteiger partial charge in [-0.1, -0.05) is 48.2 Å². The van der Waals surface area contributed by atoms with Crippen LogP contribution in [0.15, 0.2) is 70.6 Å². The van der Waals surface area contributed by atoms with Crippen molar-refractivity contribution in [2.24, 2.45) is 0 Å². The van der Waals surface area contributed by atoms with Crippen molar-refractivity contribution in [3.63, 3.8) is 0 Å². The highest BCUT2D eigenvalue weighted by Crippen LogP contribution is 2.25. The second-order valence-electron chi connectivity index (χ2n) is 6.89. The lowest BCUT2D eigenvalue weighted by Crippen LogP contribution is -2.23. The maximum Gasteiger partial charge on any atom is 0.273 e. The lowest BCUT2D eigenvalue weighted by molar-refractivity contribution is -0.115. The summed E-state index contributed by atoms with van der Waals surface area (Å²) in [6, 6.07) is 18.2. The zero-order valence-electron chi connectivity index (χ0n) is 16.4. The number of nitrogens with one attached hydrogen (secondary N) is 3. The highest BCUT2D eigenvalue weighted by Gasteiger charge is 2.19. The van der Waals surface area contributed by atoms with Gasteiger partial charge >= 0.3 is 0 Å². The molecule has 5 aromatic rings. The van der Waals surface area contributed by atoms with Gasteiger partial charge in [-0.05, 0) is 25.1 Å². The number of thioether (sulfide) groups is 1. The summed E-state index contributed by atoms with van der Waals surface area (Å²) in [6.45, 7) is 1.74. The summed E-state index contributed by atoms with van der Waals surface area (Å²) in [4.78, 5) is 32.6. The Bertz CT molecular complexity index is 1460. The van der Waals surface area contributed by atoms with Gasteiger partial charge in [0.25, 0.3) is 5.56 Å². The average Bonchev–Trinajstić information content (AvgIpc) is 3.33. The van der Waals surface area contributed by atoms with Crippen molar-refractivity contribution in [1.82, 2.24) is 29.9 Å². The maximum absolute atomic E-state index is 12.6. The molecule has 0 aliphatic rings. The van der Waals surface area contributed by atoms with E-state index in [1.807, 2.05) is 42.5 Å². The van der Waals surface area contributed by atoms with E-state index in [4.69, 9.17) is 0 Å². The monoisotopic (exact) mass is 431 g/mol. The summed E-state index contributed by atoms with van der Waals surface area (Å²) in [5.74, 6) is 0.0308. The number of anilines is 1. The Labute approximate surface area is 179 Å². The zero-order chi connectivity index (χ0) is 21.4. The van der Waals surface area contributed by atoms with Crippen molar-refractivity contribution in [1.29, 1.82) is 0 Å². The molecule has 9 nitrogen and oxygen atoms in total. The topological polar surface area (TPSA) is 121 Å². The van der Waals surface area contributed by atoms with Crippen LogP contribution in [0, 0.1) is 0 Å². The Morgan fingerprint density at radius 1 is 1.10 bits per heavy atom. The van der Waals surface area contributed by atoms with E-state index in [2.05, 4.69) is 30.6 Å². The van der Waals surface area contributed by atoms with Crippen LogP contribution in [0.2, 0.25) is 0 Å². The summed E-state index contributed by atoms with van der Waals surface area (Å²) < 4.78 is 1.37. The van der Waals surface area contributed by atoms with Gasteiger partial charge in [0.2, 0.25) is 11.1 Å². The second kappa shape index (κ2) is 7.73. The van der Waals surface area contributed by atoms with Crippen molar-refractivity contribution >= 4 is 45.6 Å². The second-order valence-corrected chi connectivity index (χ2v) is 8.20. The largest absolute Gasteiger partial charge is 0.338 e. The van der Waals surface area contributed by atoms with Gasteiger partial charge in [-0.15, -0.1) is 10.2 Å². The van der Waals surface area contributed by atoms with Crippen LogP contribution >= 0.6 is 11.8 Å². The van der Waals surface area contributed by atoms with Gasteiger partial charge in [0.1, 0.15) is 11.3 Å². The summed E-state index contributed by atoms with van der Waals surface area (Å²) in [6.07, 6.45) is 0. The molecule has 1 unspecified atom stereocenters. The van der Waals surface area contributed by atoms with Gasteiger partial charge in [0.15, 0.2) is 5.65 Å². The average molecular weight is 431 g/mol. The molecule has 0 aliphatic heterocycles. The van der Waals surface area contributed by atoms with Gasteiger partial charge in [-0.25, -0.2) is 9.67 Å². The van der Waals surface area contributed by atoms with Crippen molar-refractivity contribution < 1.29 is 4.79 Å². The molecule has 0 spiro atoms. The van der Waals surface area contributed by atoms with E-state index < -0.39 is 5.25 Å². The number of benzene rings is 2. The number of carbonyl (C=O) groups is 1. The van der Waals surface area contributed by atoms with Gasteiger partial charge in [-0.2, -0.15) is 0 Å². The van der Waals surface area contributed by atoms with Crippen LogP contribution in [0.5, 0.6) is 0 Å². The third-order valence-electron chi connectivity index (χ3n) is 4.75. The lowest BCUT2D eigenvalue weighted by atomic mass is 10.2. The van der Waals surface area contributed by atoms with E-state index in [-0.39, 0.29) is 11.5 Å². The first-order valence-electron chi connectivity index (χ1n) is 9.54. The summed E-state index contributed by atoms with van der Waals surface area (Å²) >= 11 is 1.19. The molecule has 31 heavy (non-hydrogen) atoms. The molecule has 2 aromatic carbocycles. The highest BCUT2D eigenvalue weighted by atomic mass is 32.2. The fourth-order valence-electron chi connectivity index (χ4n) is 3.23. The van der Waals surface area contributed by atoms with Crippen molar-refractivity contribution in [2.45, 2.75) is 17.3 Å². The number of nitrogens with zero attached hydrogens (tertiary/aromatic N) is 4. The smallest absolute Gasteiger partial charge is 0.273 e. The number of hydrogen-bond acceptors (Lipinski definition) is 6. The van der Waals surface area contributed by atoms with Crippen LogP contribution in [-0.2, 0) is 4.79 Å². The summed E-state index contributed by atoms with van der Waals surface area (Å²) in [5, 5.41) is 14.9. The SMILES string of the molecule is CC(Sc1nnc2c(n1)[nH]c1ccccc12)C(=O)Nc1cc(=O)n(-c2ccccc2)[nH]1. The predicted octanol–water partition coefficient (Wildman–Crippen LogP) is 3.10. The van der Waals surface area contributed by atoms with E-state index in [1.165, 1.54) is 22.5 Å². The number of rotatable bonds is 5. The maximum atomic E-state index is 12.6. The molecule has 1 atom stereocenters. The van der Waals surface area contributed by atoms with Crippen molar-refractivity contribution in [3.8, 4) is 5.69 Å². The molecule has 0 aliphatic carbocycles. The molecule has 3 heterocycles. The van der Waals surface area contributed by atoms with E-state index in [9.17, 15) is 9.59 Å². The minimum absolute atomic E-state index is 0.265. The Balaban J connectivity index is 1.32. The molecule has 0 fully saturated rings. The van der Waals surface area contributed by atoms with Crippen molar-refractivity contribution in [3.05, 3.63) is 71.0 Å². The Hall–Kier alpha value is -3.92. The predicted molar refractivity (Wildman–Crippen MR) is 120 cm³/mol. The standard InChI is InChI=1S/C21H17N7O2S/c1-12(20(30)23-16-11-17(29)28(27-16)13-7-3-2-4-8-13)31-21-24-19-18(25-26-21)14-9-5-6-10-15(14)22-19/h2-12,27H,1H3,(H,23,30)(H,22,24,26). The Kier molecular flexibility index (Phi) is 4.75. The number of para-hydroxylation sites is 2. The molecular weight excluding hydrogens is 414 g/mol. The van der Waals surface area contributed by atoms with Crippen LogP contribution in [0.1, 0.15) is 6.92 Å². The molecule has 0 bridgehead atoms. The van der Waals surface area contributed by atoms with E-state index in [0.29, 0.717) is 27.8 Å². The van der Waals surface area contributed by atoms with Gasteiger partial charge in [-0.3, -0.25) is 14.7 Å². The number of aromatic amines is 2. The third kappa shape index (κ3) is 3.68. The molecule has 1 amide bonds. The Morgan fingerprint density at radius 3 is 2.71 bits per heavy atom. The van der Waals surface area contributed by atoms with E-state index >= 15 is 0 Å². The van der Waals surface area contributed by atoms with Crippen molar-refractivity contribution in [2.75, 3.05) is 5.32 Å². The minimum Gasteiger partial charge on any atom is -0.338 e. The van der Waals surface area contributed by atoms with Crippen LogP contribution in [0.25, 0.3) is 27.8 Å². The highest BCUT2D eigenvalue weighted by molar-refractivity contribution is 8.00. The van der Waals surface area contributed by atoms with Crippen LogP contribution in [-0.4, -0.2) is 41.1 Å². The number of amides is 1.